The molecule has 0 fully saturated rings. The van der Waals surface area contributed by atoms with E-state index in [9.17, 15) is 4.79 Å². The van der Waals surface area contributed by atoms with Gasteiger partial charge in [-0.3, -0.25) is 4.79 Å². The first-order chi connectivity index (χ1) is 15.4. The SMILES string of the molecule is COc1cccc([C@@H](CNC(=O)CCc2nc(-c3ccc(C(C)C)cc3)no2)N(C)C)c1. The first kappa shape index (κ1) is 23.5. The summed E-state index contributed by atoms with van der Waals surface area (Å²) in [4.78, 5) is 18.9. The lowest BCUT2D eigenvalue weighted by Gasteiger charge is -2.25. The Hall–Kier alpha value is -3.19. The number of carbonyl (C=O) groups is 1. The maximum Gasteiger partial charge on any atom is 0.227 e. The summed E-state index contributed by atoms with van der Waals surface area (Å²) in [6.07, 6.45) is 0.681. The number of benzene rings is 2. The summed E-state index contributed by atoms with van der Waals surface area (Å²) >= 11 is 0. The van der Waals surface area contributed by atoms with Crippen LogP contribution in [0.4, 0.5) is 0 Å². The number of nitrogens with one attached hydrogen (secondary N) is 1. The van der Waals surface area contributed by atoms with Crippen molar-refractivity contribution < 1.29 is 14.1 Å². The van der Waals surface area contributed by atoms with E-state index in [1.165, 1.54) is 5.56 Å². The van der Waals surface area contributed by atoms with E-state index in [-0.39, 0.29) is 18.4 Å². The van der Waals surface area contributed by atoms with Gasteiger partial charge in [-0.25, -0.2) is 0 Å². The molecule has 0 saturated heterocycles. The van der Waals surface area contributed by atoms with Crippen LogP contribution < -0.4 is 10.1 Å². The standard InChI is InChI=1S/C25H32N4O3/c1-17(2)18-9-11-19(12-10-18)25-27-24(32-28-25)14-13-23(30)26-16-22(29(3)4)20-7-6-8-21(15-20)31-5/h6-12,15,17,22H,13-14,16H2,1-5H3,(H,26,30)/t22-/m1/s1. The number of ether oxygens (including phenoxy) is 1. The second-order valence-electron chi connectivity index (χ2n) is 8.35. The van der Waals surface area contributed by atoms with Crippen LogP contribution in [0.1, 0.15) is 49.2 Å². The molecule has 1 N–H and O–H groups in total. The van der Waals surface area contributed by atoms with Crippen LogP contribution >= 0.6 is 0 Å². The number of rotatable bonds is 10. The Morgan fingerprint density at radius 2 is 1.88 bits per heavy atom. The number of hydrogen-bond acceptors (Lipinski definition) is 6. The van der Waals surface area contributed by atoms with Crippen molar-refractivity contribution >= 4 is 5.91 Å². The van der Waals surface area contributed by atoms with Crippen molar-refractivity contribution in [1.82, 2.24) is 20.4 Å². The van der Waals surface area contributed by atoms with Gasteiger partial charge in [0.1, 0.15) is 5.75 Å². The molecule has 7 nitrogen and oxygen atoms in total. The highest BCUT2D eigenvalue weighted by Crippen LogP contribution is 2.23. The van der Waals surface area contributed by atoms with Crippen LogP contribution in [0.5, 0.6) is 5.75 Å². The van der Waals surface area contributed by atoms with E-state index >= 15 is 0 Å². The molecule has 7 heteroatoms. The Morgan fingerprint density at radius 3 is 2.53 bits per heavy atom. The zero-order valence-electron chi connectivity index (χ0n) is 19.5. The number of likely N-dealkylation sites (N-methyl/N-ethyl adjacent to an activating group) is 1. The fourth-order valence-electron chi connectivity index (χ4n) is 3.46. The molecule has 1 heterocycles. The summed E-state index contributed by atoms with van der Waals surface area (Å²) in [6, 6.07) is 16.1. The van der Waals surface area contributed by atoms with Gasteiger partial charge in [-0.1, -0.05) is 55.4 Å². The highest BCUT2D eigenvalue weighted by Gasteiger charge is 2.17. The summed E-state index contributed by atoms with van der Waals surface area (Å²) in [5.74, 6) is 2.22. The van der Waals surface area contributed by atoms with Gasteiger partial charge >= 0.3 is 0 Å². The summed E-state index contributed by atoms with van der Waals surface area (Å²) < 4.78 is 10.7. The Labute approximate surface area is 189 Å². The number of hydrogen-bond donors (Lipinski definition) is 1. The van der Waals surface area contributed by atoms with Gasteiger partial charge < -0.3 is 19.5 Å². The minimum Gasteiger partial charge on any atom is -0.497 e. The minimum atomic E-state index is -0.0548. The van der Waals surface area contributed by atoms with Crippen molar-refractivity contribution in [1.29, 1.82) is 0 Å². The van der Waals surface area contributed by atoms with E-state index in [1.54, 1.807) is 7.11 Å². The van der Waals surface area contributed by atoms with E-state index in [1.807, 2.05) is 50.5 Å². The van der Waals surface area contributed by atoms with Crippen LogP contribution in [0.2, 0.25) is 0 Å². The van der Waals surface area contributed by atoms with E-state index in [2.05, 4.69) is 46.3 Å². The van der Waals surface area contributed by atoms with Gasteiger partial charge in [0.2, 0.25) is 17.6 Å². The molecule has 170 valence electrons. The van der Waals surface area contributed by atoms with Crippen LogP contribution in [0, 0.1) is 0 Å². The van der Waals surface area contributed by atoms with Gasteiger partial charge in [-0.2, -0.15) is 4.98 Å². The maximum absolute atomic E-state index is 12.4. The Balaban J connectivity index is 1.53. The number of aromatic nitrogens is 2. The quantitative estimate of drug-likeness (QED) is 0.513. The molecule has 0 radical (unpaired) electrons. The molecule has 0 aliphatic heterocycles. The molecule has 0 aliphatic carbocycles. The molecule has 0 bridgehead atoms. The topological polar surface area (TPSA) is 80.5 Å². The normalized spacial score (nSPS) is 12.2. The van der Waals surface area contributed by atoms with Crippen LogP contribution in [-0.4, -0.2) is 48.7 Å². The van der Waals surface area contributed by atoms with Gasteiger partial charge in [-0.05, 0) is 43.3 Å². The number of methoxy groups -OCH3 is 1. The second-order valence-corrected chi connectivity index (χ2v) is 8.35. The van der Waals surface area contributed by atoms with Crippen molar-refractivity contribution in [3.8, 4) is 17.1 Å². The highest BCUT2D eigenvalue weighted by atomic mass is 16.5. The molecule has 0 unspecified atom stereocenters. The van der Waals surface area contributed by atoms with Gasteiger partial charge in [0.05, 0.1) is 13.2 Å². The number of carbonyl (C=O) groups excluding carboxylic acids is 1. The van der Waals surface area contributed by atoms with Crippen LogP contribution in [0.25, 0.3) is 11.4 Å². The third kappa shape index (κ3) is 6.17. The van der Waals surface area contributed by atoms with Crippen molar-refractivity contribution in [2.45, 2.75) is 38.6 Å². The molecular formula is C25H32N4O3. The molecule has 0 aliphatic rings. The van der Waals surface area contributed by atoms with Crippen molar-refractivity contribution in [3.63, 3.8) is 0 Å². The molecule has 1 atom stereocenters. The van der Waals surface area contributed by atoms with E-state index < -0.39 is 0 Å². The van der Waals surface area contributed by atoms with E-state index in [0.717, 1.165) is 16.9 Å². The third-order valence-corrected chi connectivity index (χ3v) is 5.46. The van der Waals surface area contributed by atoms with Crippen LogP contribution in [-0.2, 0) is 11.2 Å². The highest BCUT2D eigenvalue weighted by molar-refractivity contribution is 5.76. The van der Waals surface area contributed by atoms with Crippen molar-refractivity contribution in [2.24, 2.45) is 0 Å². The fraction of sp³-hybridized carbons (Fsp3) is 0.400. The van der Waals surface area contributed by atoms with Crippen molar-refractivity contribution in [2.75, 3.05) is 27.7 Å². The Morgan fingerprint density at radius 1 is 1.12 bits per heavy atom. The molecule has 1 aromatic heterocycles. The van der Waals surface area contributed by atoms with Gasteiger partial charge in [0.15, 0.2) is 0 Å². The average Bonchev–Trinajstić information content (AvgIpc) is 3.27. The average molecular weight is 437 g/mol. The molecular weight excluding hydrogens is 404 g/mol. The first-order valence-corrected chi connectivity index (χ1v) is 10.9. The maximum atomic E-state index is 12.4. The zero-order chi connectivity index (χ0) is 23.1. The molecule has 32 heavy (non-hydrogen) atoms. The lowest BCUT2D eigenvalue weighted by molar-refractivity contribution is -0.121. The summed E-state index contributed by atoms with van der Waals surface area (Å²) in [6.45, 7) is 4.81. The predicted octanol–water partition coefficient (Wildman–Crippen LogP) is 4.22. The second kappa shape index (κ2) is 10.9. The van der Waals surface area contributed by atoms with Gasteiger partial charge in [0.25, 0.3) is 0 Å². The third-order valence-electron chi connectivity index (χ3n) is 5.46. The summed E-state index contributed by atoms with van der Waals surface area (Å²) in [5, 5.41) is 7.07. The largest absolute Gasteiger partial charge is 0.497 e. The predicted molar refractivity (Wildman–Crippen MR) is 125 cm³/mol. The number of aryl methyl sites for hydroxylation is 1. The van der Waals surface area contributed by atoms with Crippen LogP contribution in [0.15, 0.2) is 53.1 Å². The monoisotopic (exact) mass is 436 g/mol. The number of nitrogens with zero attached hydrogens (tertiary/aromatic N) is 3. The molecule has 1 amide bonds. The lowest BCUT2D eigenvalue weighted by atomic mass is 10.0. The molecule has 0 saturated carbocycles. The summed E-state index contributed by atoms with van der Waals surface area (Å²) in [7, 11) is 5.63. The molecule has 3 rings (SSSR count). The Kier molecular flexibility index (Phi) is 8.00. The van der Waals surface area contributed by atoms with Gasteiger partial charge in [-0.15, -0.1) is 0 Å². The number of amides is 1. The lowest BCUT2D eigenvalue weighted by Crippen LogP contribution is -2.34. The Bertz CT molecular complexity index is 1010. The van der Waals surface area contributed by atoms with Crippen molar-refractivity contribution in [3.05, 3.63) is 65.5 Å². The van der Waals surface area contributed by atoms with Crippen LogP contribution in [0.3, 0.4) is 0 Å². The zero-order valence-corrected chi connectivity index (χ0v) is 19.5. The van der Waals surface area contributed by atoms with E-state index in [0.29, 0.717) is 30.6 Å². The first-order valence-electron chi connectivity index (χ1n) is 10.9. The molecule has 2 aromatic carbocycles. The molecule has 3 aromatic rings. The van der Waals surface area contributed by atoms with Gasteiger partial charge in [0, 0.05) is 24.9 Å². The minimum absolute atomic E-state index is 0.0397. The molecule has 0 spiro atoms. The fourth-order valence-corrected chi connectivity index (χ4v) is 3.46. The van der Waals surface area contributed by atoms with E-state index in [4.69, 9.17) is 9.26 Å². The summed E-state index contributed by atoms with van der Waals surface area (Å²) in [5.41, 5.74) is 3.25. The smallest absolute Gasteiger partial charge is 0.227 e.